The predicted octanol–water partition coefficient (Wildman–Crippen LogP) is 6.13. The second kappa shape index (κ2) is 5.57. The van der Waals surface area contributed by atoms with Crippen LogP contribution < -0.4 is 0 Å². The van der Waals surface area contributed by atoms with Crippen LogP contribution >= 0.6 is 15.9 Å². The molecule has 4 aromatic rings. The first-order valence-electron chi connectivity index (χ1n) is 8.64. The molecule has 0 amide bonds. The van der Waals surface area contributed by atoms with Crippen molar-refractivity contribution in [3.63, 3.8) is 0 Å². The summed E-state index contributed by atoms with van der Waals surface area (Å²) in [5, 5.41) is 8.66. The number of fused-ring (bicyclic) bond motifs is 4. The highest BCUT2D eigenvalue weighted by atomic mass is 79.9. The maximum Gasteiger partial charge on any atom is 0.109 e. The van der Waals surface area contributed by atoms with Gasteiger partial charge < -0.3 is 0 Å². The van der Waals surface area contributed by atoms with Gasteiger partial charge in [0.25, 0.3) is 0 Å². The Kier molecular flexibility index (Phi) is 3.32. The van der Waals surface area contributed by atoms with Crippen LogP contribution in [0.25, 0.3) is 33.2 Å². The minimum Gasteiger partial charge on any atom is -0.270 e. The number of hydrogen-bond donors (Lipinski definition) is 1. The molecule has 1 heterocycles. The number of halogens is 1. The maximum atomic E-state index is 4.42. The van der Waals surface area contributed by atoms with E-state index in [1.54, 1.807) is 0 Å². The van der Waals surface area contributed by atoms with Crippen molar-refractivity contribution in [2.45, 2.75) is 19.8 Å². The summed E-state index contributed by atoms with van der Waals surface area (Å²) >= 11 is 3.65. The van der Waals surface area contributed by atoms with Crippen LogP contribution in [0.1, 0.15) is 23.6 Å². The molecule has 0 fully saturated rings. The van der Waals surface area contributed by atoms with E-state index >= 15 is 0 Å². The molecule has 122 valence electrons. The highest BCUT2D eigenvalue weighted by Gasteiger charge is 2.24. The van der Waals surface area contributed by atoms with Crippen molar-refractivity contribution in [1.82, 2.24) is 10.2 Å². The van der Waals surface area contributed by atoms with Gasteiger partial charge in [-0.25, -0.2) is 0 Å². The molecular weight excluding hydrogens is 372 g/mol. The van der Waals surface area contributed by atoms with Crippen LogP contribution in [-0.2, 0) is 12.8 Å². The van der Waals surface area contributed by atoms with E-state index in [2.05, 4.69) is 87.6 Å². The fraction of sp³-hybridized carbons (Fsp3) is 0.136. The third kappa shape index (κ3) is 2.12. The van der Waals surface area contributed by atoms with Gasteiger partial charge in [-0.2, -0.15) is 5.10 Å². The van der Waals surface area contributed by atoms with E-state index in [9.17, 15) is 0 Å². The summed E-state index contributed by atoms with van der Waals surface area (Å²) in [7, 11) is 0. The lowest BCUT2D eigenvalue weighted by Gasteiger charge is -2.15. The lowest BCUT2D eigenvalue weighted by Crippen LogP contribution is -1.95. The Balaban J connectivity index is 1.87. The average Bonchev–Trinajstić information content (AvgIpc) is 3.21. The molecule has 0 saturated heterocycles. The third-order valence-corrected chi connectivity index (χ3v) is 5.83. The zero-order valence-corrected chi connectivity index (χ0v) is 15.5. The molecule has 0 radical (unpaired) electrons. The Labute approximate surface area is 155 Å². The average molecular weight is 389 g/mol. The van der Waals surface area contributed by atoms with Crippen molar-refractivity contribution >= 4 is 26.8 Å². The first kappa shape index (κ1) is 14.9. The summed E-state index contributed by atoms with van der Waals surface area (Å²) in [6, 6.07) is 19.7. The van der Waals surface area contributed by atoms with E-state index in [1.807, 2.05) is 0 Å². The normalized spacial score (nSPS) is 12.4. The molecule has 0 atom stereocenters. The van der Waals surface area contributed by atoms with Crippen LogP contribution in [0, 0.1) is 0 Å². The number of rotatable bonds is 2. The van der Waals surface area contributed by atoms with Gasteiger partial charge >= 0.3 is 0 Å². The molecular formula is C22H17BrN2. The van der Waals surface area contributed by atoms with Crippen molar-refractivity contribution in [2.75, 3.05) is 0 Å². The molecule has 0 spiro atoms. The standard InChI is InChI=1S/C22H17BrN2/c1-2-13-10-11-16-15-7-4-3-6-14(15)12-18(16)20(13)17-8-5-9-19-21(17)22(23)25-24-19/h3-11H,2,12H2,1H3,(H,24,25). The smallest absolute Gasteiger partial charge is 0.109 e. The highest BCUT2D eigenvalue weighted by molar-refractivity contribution is 9.10. The molecule has 25 heavy (non-hydrogen) atoms. The quantitative estimate of drug-likeness (QED) is 0.387. The van der Waals surface area contributed by atoms with Crippen molar-refractivity contribution < 1.29 is 0 Å². The number of aromatic nitrogens is 2. The lowest BCUT2D eigenvalue weighted by molar-refractivity contribution is 1.10. The van der Waals surface area contributed by atoms with Crippen LogP contribution in [0.5, 0.6) is 0 Å². The Bertz CT molecular complexity index is 1120. The van der Waals surface area contributed by atoms with Crippen molar-refractivity contribution in [1.29, 1.82) is 0 Å². The number of H-pyrrole nitrogens is 1. The van der Waals surface area contributed by atoms with Crippen LogP contribution in [0.4, 0.5) is 0 Å². The van der Waals surface area contributed by atoms with Gasteiger partial charge in [0.05, 0.1) is 5.52 Å². The summed E-state index contributed by atoms with van der Waals surface area (Å²) in [6.07, 6.45) is 2.02. The lowest BCUT2D eigenvalue weighted by atomic mass is 9.88. The molecule has 2 nitrogen and oxygen atoms in total. The molecule has 5 rings (SSSR count). The van der Waals surface area contributed by atoms with Crippen LogP contribution in [0.2, 0.25) is 0 Å². The molecule has 1 aliphatic rings. The largest absolute Gasteiger partial charge is 0.270 e. The van der Waals surface area contributed by atoms with E-state index in [0.29, 0.717) is 0 Å². The minimum atomic E-state index is 0.952. The molecule has 0 unspecified atom stereocenters. The van der Waals surface area contributed by atoms with Gasteiger partial charge in [-0.3, -0.25) is 5.10 Å². The number of nitrogens with one attached hydrogen (secondary N) is 1. The van der Waals surface area contributed by atoms with Gasteiger partial charge in [0.15, 0.2) is 0 Å². The van der Waals surface area contributed by atoms with Gasteiger partial charge in [-0.05, 0) is 73.8 Å². The number of benzene rings is 3. The van der Waals surface area contributed by atoms with E-state index in [-0.39, 0.29) is 0 Å². The predicted molar refractivity (Wildman–Crippen MR) is 107 cm³/mol. The van der Waals surface area contributed by atoms with Crippen molar-refractivity contribution in [3.05, 3.63) is 75.9 Å². The number of aryl methyl sites for hydroxylation is 1. The van der Waals surface area contributed by atoms with Crippen molar-refractivity contribution in [3.8, 4) is 22.3 Å². The second-order valence-electron chi connectivity index (χ2n) is 6.55. The van der Waals surface area contributed by atoms with E-state index in [1.165, 1.54) is 44.3 Å². The Morgan fingerprint density at radius 1 is 0.960 bits per heavy atom. The van der Waals surface area contributed by atoms with Gasteiger partial charge in [0, 0.05) is 5.39 Å². The van der Waals surface area contributed by atoms with Gasteiger partial charge in [-0.1, -0.05) is 55.5 Å². The first-order valence-corrected chi connectivity index (χ1v) is 9.43. The fourth-order valence-corrected chi connectivity index (χ4v) is 4.63. The molecule has 0 bridgehead atoms. The number of nitrogens with zero attached hydrogens (tertiary/aromatic N) is 1. The van der Waals surface area contributed by atoms with E-state index in [0.717, 1.165) is 23.0 Å². The molecule has 0 aliphatic heterocycles. The van der Waals surface area contributed by atoms with Gasteiger partial charge in [0.2, 0.25) is 0 Å². The van der Waals surface area contributed by atoms with Gasteiger partial charge in [-0.15, -0.1) is 0 Å². The zero-order valence-electron chi connectivity index (χ0n) is 13.9. The monoisotopic (exact) mass is 388 g/mol. The van der Waals surface area contributed by atoms with Crippen LogP contribution in [0.3, 0.4) is 0 Å². The second-order valence-corrected chi connectivity index (χ2v) is 7.34. The molecule has 3 aromatic carbocycles. The molecule has 0 saturated carbocycles. The summed E-state index contributed by atoms with van der Waals surface area (Å²) < 4.78 is 0.952. The zero-order chi connectivity index (χ0) is 17.0. The molecule has 1 aliphatic carbocycles. The SMILES string of the molecule is CCc1ccc2c(c1-c1cccc3n[nH]c(Br)c13)Cc1ccccc1-2. The van der Waals surface area contributed by atoms with E-state index in [4.69, 9.17) is 0 Å². The maximum absolute atomic E-state index is 4.42. The molecule has 3 heteroatoms. The Hall–Kier alpha value is -2.39. The third-order valence-electron chi connectivity index (χ3n) is 5.26. The van der Waals surface area contributed by atoms with Crippen LogP contribution in [0.15, 0.2) is 59.2 Å². The number of aromatic amines is 1. The Morgan fingerprint density at radius 3 is 2.68 bits per heavy atom. The number of hydrogen-bond acceptors (Lipinski definition) is 1. The summed E-state index contributed by atoms with van der Waals surface area (Å²) in [5.74, 6) is 0. The summed E-state index contributed by atoms with van der Waals surface area (Å²) in [5.41, 5.74) is 10.7. The van der Waals surface area contributed by atoms with Crippen LogP contribution in [-0.4, -0.2) is 10.2 Å². The summed E-state index contributed by atoms with van der Waals surface area (Å²) in [4.78, 5) is 0. The molecule has 1 N–H and O–H groups in total. The molecule has 1 aromatic heterocycles. The Morgan fingerprint density at radius 2 is 1.80 bits per heavy atom. The summed E-state index contributed by atoms with van der Waals surface area (Å²) in [6.45, 7) is 2.23. The topological polar surface area (TPSA) is 28.7 Å². The first-order chi connectivity index (χ1) is 12.3. The fourth-order valence-electron chi connectivity index (χ4n) is 4.13. The highest BCUT2D eigenvalue weighted by Crippen LogP contribution is 2.45. The van der Waals surface area contributed by atoms with Gasteiger partial charge in [0.1, 0.15) is 4.60 Å². The van der Waals surface area contributed by atoms with Crippen molar-refractivity contribution in [2.24, 2.45) is 0 Å². The minimum absolute atomic E-state index is 0.952. The van der Waals surface area contributed by atoms with E-state index < -0.39 is 0 Å².